The zero-order valence-corrected chi connectivity index (χ0v) is 17.3. The van der Waals surface area contributed by atoms with Crippen molar-refractivity contribution >= 4 is 54.8 Å². The van der Waals surface area contributed by atoms with Crippen LogP contribution in [0.2, 0.25) is 0 Å². The number of benzene rings is 2. The summed E-state index contributed by atoms with van der Waals surface area (Å²) in [7, 11) is 0. The largest absolute Gasteiger partial charge is 0.478 e. The lowest BCUT2D eigenvalue weighted by Crippen LogP contribution is -1.91. The van der Waals surface area contributed by atoms with E-state index in [4.69, 9.17) is 9.84 Å². The average Bonchev–Trinajstić information content (AvgIpc) is 2.56. The van der Waals surface area contributed by atoms with E-state index in [1.807, 2.05) is 31.2 Å². The van der Waals surface area contributed by atoms with Crippen LogP contribution < -0.4 is 4.74 Å². The third kappa shape index (κ3) is 4.14. The van der Waals surface area contributed by atoms with Gasteiger partial charge >= 0.3 is 5.97 Å². The molecule has 6 heteroatoms. The molecule has 3 rings (SSSR count). The van der Waals surface area contributed by atoms with Crippen molar-refractivity contribution in [2.24, 2.45) is 0 Å². The van der Waals surface area contributed by atoms with Crippen LogP contribution in [0, 0.1) is 13.8 Å². The summed E-state index contributed by atoms with van der Waals surface area (Å²) in [5.41, 5.74) is 3.80. The molecule has 1 N–H and O–H groups in total. The monoisotopic (exact) mass is 475 g/mol. The highest BCUT2D eigenvalue weighted by Gasteiger charge is 2.11. The maximum atomic E-state index is 10.7. The molecule has 0 spiro atoms. The predicted octanol–water partition coefficient (Wildman–Crippen LogP) is 6.27. The molecule has 0 fully saturated rings. The summed E-state index contributed by atoms with van der Waals surface area (Å²) in [5, 5.41) is 9.79. The van der Waals surface area contributed by atoms with Gasteiger partial charge < -0.3 is 9.84 Å². The molecule has 1 aromatic heterocycles. The van der Waals surface area contributed by atoms with Gasteiger partial charge in [-0.05, 0) is 99.3 Å². The number of nitrogens with zero attached hydrogens (tertiary/aromatic N) is 1. The van der Waals surface area contributed by atoms with Crippen molar-refractivity contribution in [1.29, 1.82) is 0 Å². The summed E-state index contributed by atoms with van der Waals surface area (Å²) in [6.07, 6.45) is 2.62. The van der Waals surface area contributed by atoms with Crippen molar-refractivity contribution < 1.29 is 14.6 Å². The molecule has 4 nitrogen and oxygen atoms in total. The number of hydrogen-bond acceptors (Lipinski definition) is 3. The minimum Gasteiger partial charge on any atom is -0.478 e. The van der Waals surface area contributed by atoms with Gasteiger partial charge in [-0.2, -0.15) is 0 Å². The molecule has 0 saturated heterocycles. The van der Waals surface area contributed by atoms with Crippen LogP contribution in [0.15, 0.2) is 51.4 Å². The summed E-state index contributed by atoms with van der Waals surface area (Å²) in [6, 6.07) is 11.4. The number of carbonyl (C=O) groups is 1. The van der Waals surface area contributed by atoms with Crippen molar-refractivity contribution in [1.82, 2.24) is 4.98 Å². The van der Waals surface area contributed by atoms with Crippen molar-refractivity contribution in [3.05, 3.63) is 68.2 Å². The van der Waals surface area contributed by atoms with E-state index in [-0.39, 0.29) is 0 Å². The van der Waals surface area contributed by atoms with Gasteiger partial charge in [0.2, 0.25) is 0 Å². The lowest BCUT2D eigenvalue weighted by Gasteiger charge is -2.12. The zero-order valence-electron chi connectivity index (χ0n) is 14.1. The molecule has 0 amide bonds. The lowest BCUT2D eigenvalue weighted by atomic mass is 10.1. The second kappa shape index (κ2) is 7.60. The Morgan fingerprint density at radius 3 is 2.46 bits per heavy atom. The van der Waals surface area contributed by atoms with E-state index < -0.39 is 5.97 Å². The number of aromatic nitrogens is 1. The van der Waals surface area contributed by atoms with Gasteiger partial charge in [-0.3, -0.25) is 4.98 Å². The molecule has 0 atom stereocenters. The van der Waals surface area contributed by atoms with Crippen LogP contribution >= 0.6 is 31.9 Å². The first-order valence-electron chi connectivity index (χ1n) is 7.79. The number of carboxylic acid groups (broad SMARTS) is 1. The van der Waals surface area contributed by atoms with Gasteiger partial charge in [0.25, 0.3) is 0 Å². The van der Waals surface area contributed by atoms with Crippen molar-refractivity contribution in [3.8, 4) is 11.5 Å². The molecule has 1 heterocycles. The third-order valence-corrected chi connectivity index (χ3v) is 4.95. The van der Waals surface area contributed by atoms with Gasteiger partial charge in [0.1, 0.15) is 5.75 Å². The quantitative estimate of drug-likeness (QED) is 0.451. The van der Waals surface area contributed by atoms with Crippen molar-refractivity contribution in [2.45, 2.75) is 13.8 Å². The number of rotatable bonds is 4. The molecular weight excluding hydrogens is 462 g/mol. The Morgan fingerprint density at radius 2 is 1.81 bits per heavy atom. The summed E-state index contributed by atoms with van der Waals surface area (Å²) in [4.78, 5) is 15.2. The smallest absolute Gasteiger partial charge is 0.328 e. The second-order valence-corrected chi connectivity index (χ2v) is 7.56. The third-order valence-electron chi connectivity index (χ3n) is 3.77. The highest BCUT2D eigenvalue weighted by atomic mass is 79.9. The summed E-state index contributed by atoms with van der Waals surface area (Å²) in [6.45, 7) is 4.03. The van der Waals surface area contributed by atoms with E-state index in [2.05, 4.69) is 43.8 Å². The molecule has 0 aliphatic heterocycles. The number of carboxylic acids is 1. The molecule has 3 aromatic rings. The molecule has 0 bridgehead atoms. The number of fused-ring (bicyclic) bond motifs is 1. The Hall–Kier alpha value is -2.18. The van der Waals surface area contributed by atoms with Gasteiger partial charge in [-0.1, -0.05) is 0 Å². The first-order chi connectivity index (χ1) is 12.3. The zero-order chi connectivity index (χ0) is 18.8. The molecule has 0 unspecified atom stereocenters. The van der Waals surface area contributed by atoms with Gasteiger partial charge in [0.15, 0.2) is 5.75 Å². The normalized spacial score (nSPS) is 11.2. The number of halogens is 2. The Bertz CT molecular complexity index is 1020. The van der Waals surface area contributed by atoms with Crippen LogP contribution in [-0.4, -0.2) is 16.1 Å². The number of aliphatic carboxylic acids is 1. The fourth-order valence-electron chi connectivity index (χ4n) is 2.66. The topological polar surface area (TPSA) is 59.4 Å². The highest BCUT2D eigenvalue weighted by molar-refractivity contribution is 9.11. The first kappa shape index (κ1) is 18.6. The summed E-state index contributed by atoms with van der Waals surface area (Å²) < 4.78 is 7.49. The van der Waals surface area contributed by atoms with Crippen molar-refractivity contribution in [3.63, 3.8) is 0 Å². The minimum atomic E-state index is -0.993. The van der Waals surface area contributed by atoms with Crippen LogP contribution in [-0.2, 0) is 4.79 Å². The van der Waals surface area contributed by atoms with E-state index in [0.717, 1.165) is 42.7 Å². The van der Waals surface area contributed by atoms with E-state index in [9.17, 15) is 4.79 Å². The molecule has 132 valence electrons. The van der Waals surface area contributed by atoms with Crippen LogP contribution in [0.4, 0.5) is 0 Å². The predicted molar refractivity (Wildman–Crippen MR) is 110 cm³/mol. The molecular formula is C20H15Br2NO3. The molecule has 0 aliphatic rings. The molecule has 0 radical (unpaired) electrons. The number of ether oxygens (including phenoxy) is 1. The Kier molecular flexibility index (Phi) is 5.44. The van der Waals surface area contributed by atoms with Crippen LogP contribution in [0.1, 0.15) is 16.8 Å². The Labute approximate surface area is 167 Å². The number of pyridine rings is 1. The Morgan fingerprint density at radius 1 is 1.12 bits per heavy atom. The second-order valence-electron chi connectivity index (χ2n) is 5.85. The lowest BCUT2D eigenvalue weighted by molar-refractivity contribution is -0.131. The van der Waals surface area contributed by atoms with Gasteiger partial charge in [-0.15, -0.1) is 0 Å². The van der Waals surface area contributed by atoms with E-state index in [1.54, 1.807) is 12.1 Å². The molecule has 2 aromatic carbocycles. The highest BCUT2D eigenvalue weighted by Crippen LogP contribution is 2.38. The maximum absolute atomic E-state index is 10.7. The molecule has 0 saturated carbocycles. The van der Waals surface area contributed by atoms with E-state index in [1.165, 1.54) is 6.08 Å². The fourth-order valence-corrected chi connectivity index (χ4v) is 4.05. The van der Waals surface area contributed by atoms with Gasteiger partial charge in [0, 0.05) is 17.2 Å². The first-order valence-corrected chi connectivity index (χ1v) is 9.38. The van der Waals surface area contributed by atoms with Crippen LogP contribution in [0.25, 0.3) is 17.0 Å². The summed E-state index contributed by atoms with van der Waals surface area (Å²) >= 11 is 6.98. The fraction of sp³-hybridized carbons (Fsp3) is 0.100. The standard InChI is InChI=1S/C20H15Br2NO3/c1-11-7-12(2)23-18-5-4-14(10-15(11)18)26-20-16(21)8-13(9-17(20)22)3-6-19(24)25/h3-10H,1-2H3,(H,24,25). The van der Waals surface area contributed by atoms with Gasteiger partial charge in [-0.25, -0.2) is 4.79 Å². The Balaban J connectivity index is 1.96. The van der Waals surface area contributed by atoms with Crippen LogP contribution in [0.3, 0.4) is 0 Å². The average molecular weight is 477 g/mol. The summed E-state index contributed by atoms with van der Waals surface area (Å²) in [5.74, 6) is 0.323. The molecule has 26 heavy (non-hydrogen) atoms. The van der Waals surface area contributed by atoms with Crippen molar-refractivity contribution in [2.75, 3.05) is 0 Å². The SMILES string of the molecule is Cc1cc(C)c2cc(Oc3c(Br)cc(C=CC(=O)O)cc3Br)ccc2n1. The van der Waals surface area contributed by atoms with E-state index in [0.29, 0.717) is 11.5 Å². The van der Waals surface area contributed by atoms with Gasteiger partial charge in [0.05, 0.1) is 14.5 Å². The number of hydrogen-bond donors (Lipinski definition) is 1. The van der Waals surface area contributed by atoms with E-state index >= 15 is 0 Å². The maximum Gasteiger partial charge on any atom is 0.328 e. The number of aryl methyl sites for hydroxylation is 2. The molecule has 0 aliphatic carbocycles. The minimum absolute atomic E-state index is 0.620. The van der Waals surface area contributed by atoms with Crippen LogP contribution in [0.5, 0.6) is 11.5 Å².